The second-order valence-electron chi connectivity index (χ2n) is 6.89. The molecule has 0 saturated carbocycles. The van der Waals surface area contributed by atoms with Gasteiger partial charge in [-0.05, 0) is 40.8 Å². The first-order valence-corrected chi connectivity index (χ1v) is 10.0. The highest BCUT2D eigenvalue weighted by atomic mass is 35.5. The van der Waals surface area contributed by atoms with Crippen LogP contribution in [-0.4, -0.2) is 14.8 Å². The average Bonchev–Trinajstić information content (AvgIpc) is 2.72. The standard InChI is InChI=1S/C23H17Cl2N3O2/c24-20-12-18(28-23(30)27-22(29)14-26-28)13-21(25)19(20)11-17-8-6-16(7-9-17)10-15-4-2-1-3-5-15/h1-9,12-14H,10-11H2,(H,27,29,30). The smallest absolute Gasteiger partial charge is 0.271 e. The first kappa shape index (κ1) is 20.1. The molecule has 30 heavy (non-hydrogen) atoms. The minimum Gasteiger partial charge on any atom is -0.271 e. The van der Waals surface area contributed by atoms with Gasteiger partial charge in [-0.15, -0.1) is 0 Å². The molecule has 4 rings (SSSR count). The molecule has 150 valence electrons. The van der Waals surface area contributed by atoms with Crippen LogP contribution >= 0.6 is 23.2 Å². The Morgan fingerprint density at radius 2 is 1.37 bits per heavy atom. The molecule has 4 aromatic rings. The van der Waals surface area contributed by atoms with Crippen molar-refractivity contribution >= 4 is 23.2 Å². The Kier molecular flexibility index (Phi) is 5.84. The fourth-order valence-electron chi connectivity index (χ4n) is 3.23. The van der Waals surface area contributed by atoms with Gasteiger partial charge in [-0.2, -0.15) is 9.78 Å². The van der Waals surface area contributed by atoms with Gasteiger partial charge in [0.1, 0.15) is 6.20 Å². The second-order valence-corrected chi connectivity index (χ2v) is 7.71. The van der Waals surface area contributed by atoms with Crippen molar-refractivity contribution in [2.75, 3.05) is 0 Å². The average molecular weight is 438 g/mol. The van der Waals surface area contributed by atoms with Crippen LogP contribution in [0.4, 0.5) is 0 Å². The van der Waals surface area contributed by atoms with Crippen LogP contribution in [0.15, 0.2) is 82.5 Å². The summed E-state index contributed by atoms with van der Waals surface area (Å²) >= 11 is 12.9. The highest BCUT2D eigenvalue weighted by Gasteiger charge is 2.12. The summed E-state index contributed by atoms with van der Waals surface area (Å²) in [4.78, 5) is 25.3. The maximum absolute atomic E-state index is 12.0. The van der Waals surface area contributed by atoms with E-state index in [1.807, 2.05) is 18.2 Å². The highest BCUT2D eigenvalue weighted by molar-refractivity contribution is 6.36. The maximum atomic E-state index is 12.0. The van der Waals surface area contributed by atoms with Gasteiger partial charge in [0.15, 0.2) is 0 Å². The number of hydrogen-bond donors (Lipinski definition) is 1. The minimum atomic E-state index is -0.656. The Morgan fingerprint density at radius 3 is 1.97 bits per heavy atom. The van der Waals surface area contributed by atoms with E-state index >= 15 is 0 Å². The first-order valence-electron chi connectivity index (χ1n) is 9.28. The summed E-state index contributed by atoms with van der Waals surface area (Å²) in [6.45, 7) is 0. The third kappa shape index (κ3) is 4.53. The lowest BCUT2D eigenvalue weighted by Crippen LogP contribution is -2.30. The molecule has 7 heteroatoms. The Morgan fingerprint density at radius 1 is 0.800 bits per heavy atom. The fourth-order valence-corrected chi connectivity index (χ4v) is 3.84. The molecular weight excluding hydrogens is 421 g/mol. The summed E-state index contributed by atoms with van der Waals surface area (Å²) in [5.41, 5.74) is 3.47. The number of rotatable bonds is 5. The van der Waals surface area contributed by atoms with Crippen molar-refractivity contribution in [3.63, 3.8) is 0 Å². The van der Waals surface area contributed by atoms with E-state index in [1.54, 1.807) is 12.1 Å². The van der Waals surface area contributed by atoms with Gasteiger partial charge in [0.05, 0.1) is 5.69 Å². The quantitative estimate of drug-likeness (QED) is 0.502. The molecule has 1 aromatic heterocycles. The second kappa shape index (κ2) is 8.69. The van der Waals surface area contributed by atoms with Crippen molar-refractivity contribution in [3.05, 3.63) is 126 Å². The summed E-state index contributed by atoms with van der Waals surface area (Å²) in [7, 11) is 0. The molecule has 0 unspecified atom stereocenters. The van der Waals surface area contributed by atoms with Gasteiger partial charge in [0, 0.05) is 16.5 Å². The van der Waals surface area contributed by atoms with Gasteiger partial charge in [-0.1, -0.05) is 77.8 Å². The number of aromatic nitrogens is 3. The van der Waals surface area contributed by atoms with Gasteiger partial charge in [-0.3, -0.25) is 9.78 Å². The van der Waals surface area contributed by atoms with E-state index in [-0.39, 0.29) is 0 Å². The van der Waals surface area contributed by atoms with Gasteiger partial charge in [0.25, 0.3) is 5.56 Å². The van der Waals surface area contributed by atoms with Crippen LogP contribution in [0.25, 0.3) is 5.69 Å². The zero-order valence-electron chi connectivity index (χ0n) is 15.8. The molecule has 0 fully saturated rings. The molecule has 5 nitrogen and oxygen atoms in total. The van der Waals surface area contributed by atoms with E-state index in [4.69, 9.17) is 23.2 Å². The SMILES string of the molecule is O=c1cnn(-c2cc(Cl)c(Cc3ccc(Cc4ccccc4)cc3)c(Cl)c2)c(=O)[nH]1. The molecule has 0 spiro atoms. The summed E-state index contributed by atoms with van der Waals surface area (Å²) < 4.78 is 1.04. The van der Waals surface area contributed by atoms with Crippen LogP contribution in [-0.2, 0) is 12.8 Å². The summed E-state index contributed by atoms with van der Waals surface area (Å²) in [5.74, 6) is 0. The predicted octanol–water partition coefficient (Wildman–Crippen LogP) is 4.41. The zero-order valence-corrected chi connectivity index (χ0v) is 17.3. The van der Waals surface area contributed by atoms with Crippen molar-refractivity contribution in [2.24, 2.45) is 0 Å². The van der Waals surface area contributed by atoms with E-state index in [1.165, 1.54) is 11.1 Å². The number of H-pyrrole nitrogens is 1. The summed E-state index contributed by atoms with van der Waals surface area (Å²) in [6.07, 6.45) is 2.45. The van der Waals surface area contributed by atoms with Gasteiger partial charge in [-0.25, -0.2) is 4.79 Å². The molecular formula is C23H17Cl2N3O2. The number of aromatic amines is 1. The molecule has 0 bridgehead atoms. The molecule has 0 atom stereocenters. The number of nitrogens with zero attached hydrogens (tertiary/aromatic N) is 2. The molecule has 0 saturated heterocycles. The third-order valence-electron chi connectivity index (χ3n) is 4.74. The fraction of sp³-hybridized carbons (Fsp3) is 0.0870. The monoisotopic (exact) mass is 437 g/mol. The lowest BCUT2D eigenvalue weighted by Gasteiger charge is -2.11. The predicted molar refractivity (Wildman–Crippen MR) is 119 cm³/mol. The van der Waals surface area contributed by atoms with Crippen LogP contribution < -0.4 is 11.2 Å². The lowest BCUT2D eigenvalue weighted by molar-refractivity contribution is 0.749. The Balaban J connectivity index is 1.56. The summed E-state index contributed by atoms with van der Waals surface area (Å²) in [5, 5.41) is 4.68. The first-order chi connectivity index (χ1) is 14.5. The number of benzene rings is 3. The van der Waals surface area contributed by atoms with Crippen LogP contribution in [0.5, 0.6) is 0 Å². The number of halogens is 2. The minimum absolute atomic E-state index is 0.383. The molecule has 1 heterocycles. The highest BCUT2D eigenvalue weighted by Crippen LogP contribution is 2.30. The van der Waals surface area contributed by atoms with Crippen LogP contribution in [0.1, 0.15) is 22.3 Å². The molecule has 0 amide bonds. The van der Waals surface area contributed by atoms with Gasteiger partial charge >= 0.3 is 5.69 Å². The molecule has 1 N–H and O–H groups in total. The van der Waals surface area contributed by atoms with Crippen molar-refractivity contribution in [1.29, 1.82) is 0 Å². The van der Waals surface area contributed by atoms with E-state index in [0.29, 0.717) is 22.2 Å². The van der Waals surface area contributed by atoms with Gasteiger partial charge in [0.2, 0.25) is 0 Å². The maximum Gasteiger partial charge on any atom is 0.349 e. The zero-order chi connectivity index (χ0) is 21.1. The molecule has 0 radical (unpaired) electrons. The number of nitrogens with one attached hydrogen (secondary N) is 1. The Bertz CT molecular complexity index is 1270. The van der Waals surface area contributed by atoms with Crippen LogP contribution in [0, 0.1) is 0 Å². The van der Waals surface area contributed by atoms with E-state index in [2.05, 4.69) is 46.5 Å². The van der Waals surface area contributed by atoms with E-state index in [0.717, 1.165) is 28.4 Å². The van der Waals surface area contributed by atoms with Crippen molar-refractivity contribution in [3.8, 4) is 5.69 Å². The molecule has 0 aliphatic carbocycles. The van der Waals surface area contributed by atoms with E-state index in [9.17, 15) is 9.59 Å². The topological polar surface area (TPSA) is 67.8 Å². The summed E-state index contributed by atoms with van der Waals surface area (Å²) in [6, 6.07) is 21.8. The van der Waals surface area contributed by atoms with Crippen LogP contribution in [0.3, 0.4) is 0 Å². The molecule has 0 aliphatic rings. The Labute approximate surface area is 182 Å². The van der Waals surface area contributed by atoms with Gasteiger partial charge < -0.3 is 0 Å². The largest absolute Gasteiger partial charge is 0.349 e. The lowest BCUT2D eigenvalue weighted by atomic mass is 10.00. The van der Waals surface area contributed by atoms with E-state index < -0.39 is 11.2 Å². The Hall–Kier alpha value is -3.15. The molecule has 0 aliphatic heterocycles. The van der Waals surface area contributed by atoms with Crippen molar-refractivity contribution in [2.45, 2.75) is 12.8 Å². The van der Waals surface area contributed by atoms with Crippen LogP contribution in [0.2, 0.25) is 10.0 Å². The molecule has 3 aromatic carbocycles. The number of hydrogen-bond acceptors (Lipinski definition) is 3. The van der Waals surface area contributed by atoms with Crippen molar-refractivity contribution < 1.29 is 0 Å². The normalized spacial score (nSPS) is 10.9. The van der Waals surface area contributed by atoms with Crippen molar-refractivity contribution in [1.82, 2.24) is 14.8 Å². The third-order valence-corrected chi connectivity index (χ3v) is 5.41.